The van der Waals surface area contributed by atoms with Gasteiger partial charge in [-0.15, -0.1) is 11.3 Å². The zero-order valence-corrected chi connectivity index (χ0v) is 16.2. The van der Waals surface area contributed by atoms with Crippen molar-refractivity contribution in [2.45, 2.75) is 6.92 Å². The number of hydrogen-bond donors (Lipinski definition) is 2. The Labute approximate surface area is 167 Å². The molecule has 29 heavy (non-hydrogen) atoms. The number of carbonyl (C=O) groups excluding carboxylic acids is 1. The Morgan fingerprint density at radius 3 is 2.93 bits per heavy atom. The number of aromatic amines is 1. The molecule has 0 bridgehead atoms. The van der Waals surface area contributed by atoms with E-state index < -0.39 is 5.97 Å². The van der Waals surface area contributed by atoms with E-state index in [-0.39, 0.29) is 0 Å². The monoisotopic (exact) mass is 406 g/mol. The van der Waals surface area contributed by atoms with Crippen LogP contribution in [0.1, 0.15) is 16.1 Å². The lowest BCUT2D eigenvalue weighted by Crippen LogP contribution is -2.04. The van der Waals surface area contributed by atoms with Gasteiger partial charge in [-0.2, -0.15) is 0 Å². The van der Waals surface area contributed by atoms with Gasteiger partial charge in [-0.05, 0) is 19.1 Å². The van der Waals surface area contributed by atoms with Gasteiger partial charge in [0.25, 0.3) is 0 Å². The Morgan fingerprint density at radius 1 is 1.24 bits per heavy atom. The number of anilines is 2. The van der Waals surface area contributed by atoms with Crippen molar-refractivity contribution >= 4 is 50.4 Å². The average molecular weight is 406 g/mol. The third-order valence-corrected chi connectivity index (χ3v) is 5.49. The normalized spacial score (nSPS) is 11.2. The third-order valence-electron chi connectivity index (χ3n) is 4.44. The standard InChI is InChI=1S/C19H14N6O3S/c1-9-12(19(26)27-2)13(18-24-10-5-3-4-6-11(10)29-18)17(28-9)25-16-14-15(21-7-20-14)22-8-23-16/h3-8H,1-2H3,(H2,20,21,22,23,25). The molecule has 5 rings (SSSR count). The van der Waals surface area contributed by atoms with Gasteiger partial charge >= 0.3 is 5.97 Å². The van der Waals surface area contributed by atoms with E-state index in [1.807, 2.05) is 24.3 Å². The highest BCUT2D eigenvalue weighted by molar-refractivity contribution is 7.21. The number of carbonyl (C=O) groups is 1. The number of ether oxygens (including phenoxy) is 1. The van der Waals surface area contributed by atoms with E-state index in [0.29, 0.717) is 44.8 Å². The fourth-order valence-corrected chi connectivity index (χ4v) is 4.15. The molecular weight excluding hydrogens is 392 g/mol. The Hall–Kier alpha value is -3.79. The number of benzene rings is 1. The fourth-order valence-electron chi connectivity index (χ4n) is 3.13. The summed E-state index contributed by atoms with van der Waals surface area (Å²) in [6.07, 6.45) is 2.94. The maximum Gasteiger partial charge on any atom is 0.342 e. The molecule has 0 amide bonds. The predicted octanol–water partition coefficient (Wildman–Crippen LogP) is 4.06. The van der Waals surface area contributed by atoms with Crippen LogP contribution in [0.25, 0.3) is 32.0 Å². The van der Waals surface area contributed by atoms with Crippen molar-refractivity contribution in [2.24, 2.45) is 0 Å². The second kappa shape index (κ2) is 6.67. The van der Waals surface area contributed by atoms with E-state index in [0.717, 1.165) is 10.2 Å². The molecule has 0 atom stereocenters. The highest BCUT2D eigenvalue weighted by Crippen LogP contribution is 2.41. The van der Waals surface area contributed by atoms with E-state index in [1.165, 1.54) is 31.1 Å². The number of nitrogens with zero attached hydrogens (tertiary/aromatic N) is 4. The Bertz CT molecular complexity index is 1340. The molecule has 4 heterocycles. The minimum Gasteiger partial charge on any atom is -0.465 e. The highest BCUT2D eigenvalue weighted by atomic mass is 32.1. The topological polar surface area (TPSA) is 119 Å². The molecule has 4 aromatic heterocycles. The maximum absolute atomic E-state index is 12.5. The molecule has 0 saturated heterocycles. The summed E-state index contributed by atoms with van der Waals surface area (Å²) < 4.78 is 11.9. The molecule has 5 aromatic rings. The van der Waals surface area contributed by atoms with Gasteiger partial charge in [-0.3, -0.25) is 0 Å². The molecule has 1 aromatic carbocycles. The van der Waals surface area contributed by atoms with Gasteiger partial charge in [-0.25, -0.2) is 24.7 Å². The molecule has 0 aliphatic rings. The van der Waals surface area contributed by atoms with E-state index in [4.69, 9.17) is 9.15 Å². The van der Waals surface area contributed by atoms with Crippen LogP contribution in [0.15, 0.2) is 41.3 Å². The molecule has 0 fully saturated rings. The molecule has 2 N–H and O–H groups in total. The molecule has 144 valence electrons. The largest absolute Gasteiger partial charge is 0.465 e. The number of para-hydroxylation sites is 1. The van der Waals surface area contributed by atoms with Gasteiger partial charge in [-0.1, -0.05) is 12.1 Å². The number of hydrogen-bond acceptors (Lipinski definition) is 9. The Kier molecular flexibility index (Phi) is 3.98. The van der Waals surface area contributed by atoms with Crippen LogP contribution in [0.5, 0.6) is 0 Å². The number of fused-ring (bicyclic) bond motifs is 2. The number of rotatable bonds is 4. The lowest BCUT2D eigenvalue weighted by Gasteiger charge is -2.05. The maximum atomic E-state index is 12.5. The summed E-state index contributed by atoms with van der Waals surface area (Å²) >= 11 is 1.46. The number of H-pyrrole nitrogens is 1. The number of aromatic nitrogens is 5. The molecule has 0 radical (unpaired) electrons. The minimum absolute atomic E-state index is 0.323. The van der Waals surface area contributed by atoms with Crippen molar-refractivity contribution in [2.75, 3.05) is 12.4 Å². The minimum atomic E-state index is -0.497. The number of imidazole rings is 1. The second-order valence-corrected chi connectivity index (χ2v) is 7.19. The van der Waals surface area contributed by atoms with Crippen molar-refractivity contribution in [3.63, 3.8) is 0 Å². The molecular formula is C19H14N6O3S. The van der Waals surface area contributed by atoms with Crippen molar-refractivity contribution in [3.8, 4) is 10.6 Å². The van der Waals surface area contributed by atoms with Gasteiger partial charge in [0.1, 0.15) is 28.2 Å². The van der Waals surface area contributed by atoms with E-state index in [1.54, 1.807) is 6.92 Å². The lowest BCUT2D eigenvalue weighted by atomic mass is 10.1. The smallest absolute Gasteiger partial charge is 0.342 e. The molecule has 9 nitrogen and oxygen atoms in total. The molecule has 0 unspecified atom stereocenters. The predicted molar refractivity (Wildman–Crippen MR) is 108 cm³/mol. The van der Waals surface area contributed by atoms with Gasteiger partial charge in [0.2, 0.25) is 5.88 Å². The van der Waals surface area contributed by atoms with Crippen LogP contribution in [0.2, 0.25) is 0 Å². The number of aryl methyl sites for hydroxylation is 1. The van der Waals surface area contributed by atoms with E-state index >= 15 is 0 Å². The molecule has 10 heteroatoms. The first-order chi connectivity index (χ1) is 14.2. The van der Waals surface area contributed by atoms with Crippen molar-refractivity contribution < 1.29 is 13.9 Å². The Balaban J connectivity index is 1.71. The summed E-state index contributed by atoms with van der Waals surface area (Å²) in [5.41, 5.74) is 2.83. The first-order valence-electron chi connectivity index (χ1n) is 8.64. The number of esters is 1. The molecule has 0 saturated carbocycles. The summed E-state index contributed by atoms with van der Waals surface area (Å²) in [6.45, 7) is 1.71. The zero-order chi connectivity index (χ0) is 20.0. The van der Waals surface area contributed by atoms with Gasteiger partial charge < -0.3 is 19.5 Å². The quantitative estimate of drug-likeness (QED) is 0.429. The average Bonchev–Trinajstić information content (AvgIpc) is 3.43. The van der Waals surface area contributed by atoms with Crippen LogP contribution in [0, 0.1) is 6.92 Å². The zero-order valence-electron chi connectivity index (χ0n) is 15.4. The van der Waals surface area contributed by atoms with Crippen LogP contribution < -0.4 is 5.32 Å². The number of furan rings is 1. The van der Waals surface area contributed by atoms with E-state index in [2.05, 4.69) is 30.2 Å². The summed E-state index contributed by atoms with van der Waals surface area (Å²) in [5.74, 6) is 0.739. The van der Waals surface area contributed by atoms with Crippen LogP contribution in [0.3, 0.4) is 0 Å². The van der Waals surface area contributed by atoms with Gasteiger partial charge in [0.05, 0.1) is 29.2 Å². The van der Waals surface area contributed by atoms with Crippen LogP contribution in [-0.2, 0) is 4.74 Å². The van der Waals surface area contributed by atoms with E-state index in [9.17, 15) is 4.79 Å². The summed E-state index contributed by atoms with van der Waals surface area (Å²) in [4.78, 5) is 32.7. The van der Waals surface area contributed by atoms with Crippen LogP contribution in [0.4, 0.5) is 11.7 Å². The highest BCUT2D eigenvalue weighted by Gasteiger charge is 2.28. The first kappa shape index (κ1) is 17.3. The van der Waals surface area contributed by atoms with Gasteiger partial charge in [0.15, 0.2) is 11.5 Å². The van der Waals surface area contributed by atoms with Crippen LogP contribution in [-0.4, -0.2) is 38.0 Å². The molecule has 0 aliphatic carbocycles. The number of thiazole rings is 1. The Morgan fingerprint density at radius 2 is 2.10 bits per heavy atom. The van der Waals surface area contributed by atoms with Crippen molar-refractivity contribution in [1.29, 1.82) is 0 Å². The lowest BCUT2D eigenvalue weighted by molar-refractivity contribution is 0.0599. The molecule has 0 spiro atoms. The third kappa shape index (κ3) is 2.81. The summed E-state index contributed by atoms with van der Waals surface area (Å²) in [5, 5.41) is 3.79. The van der Waals surface area contributed by atoms with Crippen LogP contribution >= 0.6 is 11.3 Å². The van der Waals surface area contributed by atoms with Crippen molar-refractivity contribution in [1.82, 2.24) is 24.9 Å². The summed E-state index contributed by atoms with van der Waals surface area (Å²) in [7, 11) is 1.34. The van der Waals surface area contributed by atoms with Crippen molar-refractivity contribution in [3.05, 3.63) is 48.2 Å². The first-order valence-corrected chi connectivity index (χ1v) is 9.46. The number of methoxy groups -OCH3 is 1. The fraction of sp³-hybridized carbons (Fsp3) is 0.105. The SMILES string of the molecule is COC(=O)c1c(C)oc(Nc2ncnc3nc[nH]c23)c1-c1nc2ccccc2s1. The summed E-state index contributed by atoms with van der Waals surface area (Å²) in [6, 6.07) is 7.77. The van der Waals surface area contributed by atoms with Gasteiger partial charge in [0, 0.05) is 0 Å². The number of nitrogens with one attached hydrogen (secondary N) is 2. The second-order valence-electron chi connectivity index (χ2n) is 6.16. The molecule has 0 aliphatic heterocycles.